The number of rotatable bonds is 2. The molecule has 2 N–H and O–H groups in total. The molecular weight excluding hydrogens is 292 g/mol. The highest BCUT2D eigenvalue weighted by molar-refractivity contribution is 7.80. The van der Waals surface area contributed by atoms with Gasteiger partial charge in [0.15, 0.2) is 11.5 Å². The van der Waals surface area contributed by atoms with Crippen LogP contribution in [0.5, 0.6) is 0 Å². The number of nitrogens with zero attached hydrogens (tertiary/aromatic N) is 3. The molecule has 5 heteroatoms. The SMILES string of the molecule is CC(C)(C)c1nc2c(C(N)=S)ccc(-c3ccccc3)n2n1. The minimum atomic E-state index is -0.145. The highest BCUT2D eigenvalue weighted by atomic mass is 32.1. The van der Waals surface area contributed by atoms with E-state index in [2.05, 4.69) is 25.8 Å². The van der Waals surface area contributed by atoms with Crippen LogP contribution in [0.1, 0.15) is 32.2 Å². The predicted octanol–water partition coefficient (Wildman–Crippen LogP) is 3.33. The van der Waals surface area contributed by atoms with Gasteiger partial charge in [-0.05, 0) is 12.1 Å². The zero-order chi connectivity index (χ0) is 15.9. The van der Waals surface area contributed by atoms with Crippen LogP contribution in [-0.2, 0) is 5.41 Å². The van der Waals surface area contributed by atoms with E-state index in [1.54, 1.807) is 0 Å². The van der Waals surface area contributed by atoms with Gasteiger partial charge < -0.3 is 5.73 Å². The molecule has 0 unspecified atom stereocenters. The van der Waals surface area contributed by atoms with Crippen LogP contribution in [0, 0.1) is 0 Å². The van der Waals surface area contributed by atoms with Crippen LogP contribution in [0.15, 0.2) is 42.5 Å². The second kappa shape index (κ2) is 5.18. The number of hydrogen-bond donors (Lipinski definition) is 1. The Kier molecular flexibility index (Phi) is 3.45. The first-order valence-electron chi connectivity index (χ1n) is 7.13. The Hall–Kier alpha value is -2.27. The minimum absolute atomic E-state index is 0.145. The van der Waals surface area contributed by atoms with E-state index in [1.807, 2.05) is 47.0 Å². The maximum absolute atomic E-state index is 5.84. The Bertz CT molecular complexity index is 844. The maximum Gasteiger partial charge on any atom is 0.166 e. The fourth-order valence-electron chi connectivity index (χ4n) is 2.30. The summed E-state index contributed by atoms with van der Waals surface area (Å²) in [6.07, 6.45) is 0. The lowest BCUT2D eigenvalue weighted by Gasteiger charge is -2.12. The van der Waals surface area contributed by atoms with Gasteiger partial charge in [-0.2, -0.15) is 5.10 Å². The van der Waals surface area contributed by atoms with E-state index in [0.29, 0.717) is 10.6 Å². The summed E-state index contributed by atoms with van der Waals surface area (Å²) in [4.78, 5) is 5.01. The van der Waals surface area contributed by atoms with Crippen molar-refractivity contribution in [2.24, 2.45) is 5.73 Å². The standard InChI is InChI=1S/C17H18N4S/c1-17(2,3)16-19-15-12(14(18)22)9-10-13(21(15)20-16)11-7-5-4-6-8-11/h4-10H,1-3H3,(H2,18,22). The molecule has 0 aliphatic heterocycles. The van der Waals surface area contributed by atoms with Crippen LogP contribution < -0.4 is 5.73 Å². The quantitative estimate of drug-likeness (QED) is 0.738. The van der Waals surface area contributed by atoms with Crippen LogP contribution in [0.25, 0.3) is 16.9 Å². The normalized spacial score (nSPS) is 11.8. The van der Waals surface area contributed by atoms with E-state index in [0.717, 1.165) is 22.6 Å². The molecule has 0 amide bonds. The van der Waals surface area contributed by atoms with Gasteiger partial charge in [0.1, 0.15) is 4.99 Å². The maximum atomic E-state index is 5.84. The molecule has 0 saturated carbocycles. The number of pyridine rings is 1. The Morgan fingerprint density at radius 2 is 1.77 bits per heavy atom. The molecule has 0 aliphatic rings. The van der Waals surface area contributed by atoms with Crippen molar-refractivity contribution >= 4 is 22.9 Å². The third kappa shape index (κ3) is 2.48. The van der Waals surface area contributed by atoms with E-state index in [1.165, 1.54) is 0 Å². The first kappa shape index (κ1) is 14.7. The lowest BCUT2D eigenvalue weighted by molar-refractivity contribution is 0.545. The topological polar surface area (TPSA) is 56.2 Å². The number of benzene rings is 1. The van der Waals surface area contributed by atoms with Crippen molar-refractivity contribution in [3.05, 3.63) is 53.9 Å². The molecule has 3 aromatic rings. The predicted molar refractivity (Wildman–Crippen MR) is 93.0 cm³/mol. The Labute approximate surface area is 135 Å². The van der Waals surface area contributed by atoms with Gasteiger partial charge in [0.05, 0.1) is 11.3 Å². The zero-order valence-electron chi connectivity index (χ0n) is 12.9. The summed E-state index contributed by atoms with van der Waals surface area (Å²) < 4.78 is 1.84. The Balaban J connectivity index is 2.34. The fourth-order valence-corrected chi connectivity index (χ4v) is 2.46. The van der Waals surface area contributed by atoms with Crippen molar-refractivity contribution in [3.63, 3.8) is 0 Å². The van der Waals surface area contributed by atoms with Gasteiger partial charge in [0, 0.05) is 11.0 Å². The van der Waals surface area contributed by atoms with Crippen LogP contribution in [0.3, 0.4) is 0 Å². The molecule has 0 aliphatic carbocycles. The number of nitrogens with two attached hydrogens (primary N) is 1. The number of hydrogen-bond acceptors (Lipinski definition) is 3. The molecule has 0 fully saturated rings. The van der Waals surface area contributed by atoms with E-state index < -0.39 is 0 Å². The van der Waals surface area contributed by atoms with Gasteiger partial charge in [-0.3, -0.25) is 0 Å². The highest BCUT2D eigenvalue weighted by Gasteiger charge is 2.22. The van der Waals surface area contributed by atoms with Crippen LogP contribution in [0.2, 0.25) is 0 Å². The van der Waals surface area contributed by atoms with Crippen molar-refractivity contribution in [1.82, 2.24) is 14.6 Å². The first-order valence-corrected chi connectivity index (χ1v) is 7.54. The molecule has 1 aromatic carbocycles. The molecule has 3 rings (SSSR count). The summed E-state index contributed by atoms with van der Waals surface area (Å²) in [6.45, 7) is 6.26. The minimum Gasteiger partial charge on any atom is -0.389 e. The van der Waals surface area contributed by atoms with E-state index >= 15 is 0 Å². The van der Waals surface area contributed by atoms with Gasteiger partial charge in [0.25, 0.3) is 0 Å². The molecule has 2 aromatic heterocycles. The molecule has 22 heavy (non-hydrogen) atoms. The van der Waals surface area contributed by atoms with Crippen molar-refractivity contribution in [2.75, 3.05) is 0 Å². The average molecular weight is 310 g/mol. The molecule has 0 saturated heterocycles. The largest absolute Gasteiger partial charge is 0.389 e. The molecule has 0 atom stereocenters. The second-order valence-electron chi connectivity index (χ2n) is 6.28. The van der Waals surface area contributed by atoms with Gasteiger partial charge >= 0.3 is 0 Å². The Morgan fingerprint density at radius 1 is 1.09 bits per heavy atom. The van der Waals surface area contributed by atoms with Crippen LogP contribution in [0.4, 0.5) is 0 Å². The molecule has 0 radical (unpaired) electrons. The van der Waals surface area contributed by atoms with Crippen LogP contribution in [-0.4, -0.2) is 19.6 Å². The van der Waals surface area contributed by atoms with Gasteiger partial charge in [-0.25, -0.2) is 9.50 Å². The average Bonchev–Trinajstić information content (AvgIpc) is 2.92. The van der Waals surface area contributed by atoms with Crippen LogP contribution >= 0.6 is 12.2 Å². The molecule has 0 bridgehead atoms. The van der Waals surface area contributed by atoms with E-state index in [4.69, 9.17) is 23.1 Å². The third-order valence-electron chi connectivity index (χ3n) is 3.49. The van der Waals surface area contributed by atoms with Gasteiger partial charge in [-0.15, -0.1) is 0 Å². The molecular formula is C17H18N4S. The monoisotopic (exact) mass is 310 g/mol. The van der Waals surface area contributed by atoms with Crippen molar-refractivity contribution in [3.8, 4) is 11.3 Å². The van der Waals surface area contributed by atoms with E-state index in [9.17, 15) is 0 Å². The smallest absolute Gasteiger partial charge is 0.166 e. The lowest BCUT2D eigenvalue weighted by Crippen LogP contribution is -2.13. The number of aromatic nitrogens is 3. The second-order valence-corrected chi connectivity index (χ2v) is 6.72. The van der Waals surface area contributed by atoms with E-state index in [-0.39, 0.29) is 5.41 Å². The van der Waals surface area contributed by atoms with Crippen molar-refractivity contribution < 1.29 is 0 Å². The molecule has 4 nitrogen and oxygen atoms in total. The molecule has 0 spiro atoms. The van der Waals surface area contributed by atoms with Crippen molar-refractivity contribution in [1.29, 1.82) is 0 Å². The lowest BCUT2D eigenvalue weighted by atomic mass is 9.96. The highest BCUT2D eigenvalue weighted by Crippen LogP contribution is 2.25. The summed E-state index contributed by atoms with van der Waals surface area (Å²) in [5, 5.41) is 4.69. The summed E-state index contributed by atoms with van der Waals surface area (Å²) in [7, 11) is 0. The zero-order valence-corrected chi connectivity index (χ0v) is 13.7. The number of fused-ring (bicyclic) bond motifs is 1. The number of thiocarbonyl (C=S) groups is 1. The van der Waals surface area contributed by atoms with Gasteiger partial charge in [0.2, 0.25) is 0 Å². The van der Waals surface area contributed by atoms with Gasteiger partial charge in [-0.1, -0.05) is 63.3 Å². The summed E-state index contributed by atoms with van der Waals surface area (Å²) in [6, 6.07) is 14.0. The summed E-state index contributed by atoms with van der Waals surface area (Å²) >= 11 is 5.15. The Morgan fingerprint density at radius 3 is 2.36 bits per heavy atom. The summed E-state index contributed by atoms with van der Waals surface area (Å²) in [5.74, 6) is 0.772. The first-order chi connectivity index (χ1) is 10.4. The molecule has 2 heterocycles. The third-order valence-corrected chi connectivity index (χ3v) is 3.71. The summed E-state index contributed by atoms with van der Waals surface area (Å²) in [5.41, 5.74) is 9.19. The fraction of sp³-hybridized carbons (Fsp3) is 0.235. The molecule has 112 valence electrons. The van der Waals surface area contributed by atoms with Crippen molar-refractivity contribution in [2.45, 2.75) is 26.2 Å².